The van der Waals surface area contributed by atoms with E-state index >= 15 is 0 Å². The molecule has 0 unspecified atom stereocenters. The molecule has 0 N–H and O–H groups in total. The molecule has 2 aromatic carbocycles. The molecular formula is C20H21ClN2O2. The van der Waals surface area contributed by atoms with Crippen molar-refractivity contribution >= 4 is 22.5 Å². The lowest BCUT2D eigenvalue weighted by atomic mass is 10.1. The number of ether oxygens (including phenoxy) is 2. The summed E-state index contributed by atoms with van der Waals surface area (Å²) >= 11 is 6.12. The third kappa shape index (κ3) is 4.60. The summed E-state index contributed by atoms with van der Waals surface area (Å²) in [5.41, 5.74) is 2.00. The van der Waals surface area contributed by atoms with Crippen LogP contribution in [0.5, 0.6) is 11.6 Å². The first-order valence-corrected chi connectivity index (χ1v) is 8.89. The fraction of sp³-hybridized carbons (Fsp3) is 0.300. The van der Waals surface area contributed by atoms with Gasteiger partial charge in [0.2, 0.25) is 5.88 Å². The highest BCUT2D eigenvalue weighted by atomic mass is 35.5. The Hall–Kier alpha value is -2.33. The molecule has 0 aliphatic heterocycles. The van der Waals surface area contributed by atoms with Crippen molar-refractivity contribution in [3.05, 3.63) is 59.4 Å². The van der Waals surface area contributed by atoms with Crippen LogP contribution in [0.2, 0.25) is 5.02 Å². The van der Waals surface area contributed by atoms with Crippen molar-refractivity contribution in [1.29, 1.82) is 0 Å². The number of para-hydroxylation sites is 1. The van der Waals surface area contributed by atoms with E-state index in [2.05, 4.69) is 16.9 Å². The summed E-state index contributed by atoms with van der Waals surface area (Å²) in [4.78, 5) is 8.46. The first-order chi connectivity index (χ1) is 12.3. The molecular weight excluding hydrogens is 336 g/mol. The normalized spacial score (nSPS) is 10.8. The SMILES string of the molecule is CCc1cc(OCCCCOc2ncnc3ccccc23)ccc1Cl. The van der Waals surface area contributed by atoms with Crippen molar-refractivity contribution in [3.63, 3.8) is 0 Å². The summed E-state index contributed by atoms with van der Waals surface area (Å²) in [5.74, 6) is 1.50. The summed E-state index contributed by atoms with van der Waals surface area (Å²) in [7, 11) is 0. The summed E-state index contributed by atoms with van der Waals surface area (Å²) < 4.78 is 11.6. The van der Waals surface area contributed by atoms with Crippen molar-refractivity contribution in [2.75, 3.05) is 13.2 Å². The van der Waals surface area contributed by atoms with Gasteiger partial charge in [0.15, 0.2) is 0 Å². The van der Waals surface area contributed by atoms with Crippen molar-refractivity contribution in [3.8, 4) is 11.6 Å². The molecule has 0 radical (unpaired) electrons. The molecule has 3 rings (SSSR count). The highest BCUT2D eigenvalue weighted by Gasteiger charge is 2.04. The van der Waals surface area contributed by atoms with Crippen LogP contribution in [0.3, 0.4) is 0 Å². The zero-order valence-corrected chi connectivity index (χ0v) is 15.0. The van der Waals surface area contributed by atoms with E-state index in [0.29, 0.717) is 19.1 Å². The van der Waals surface area contributed by atoms with Gasteiger partial charge in [0, 0.05) is 5.02 Å². The number of halogens is 1. The number of nitrogens with zero attached hydrogens (tertiary/aromatic N) is 2. The van der Waals surface area contributed by atoms with Gasteiger partial charge >= 0.3 is 0 Å². The molecule has 0 aliphatic rings. The number of aromatic nitrogens is 2. The van der Waals surface area contributed by atoms with Gasteiger partial charge in [-0.15, -0.1) is 0 Å². The summed E-state index contributed by atoms with van der Waals surface area (Å²) in [6.07, 6.45) is 4.24. The van der Waals surface area contributed by atoms with Crippen molar-refractivity contribution in [2.24, 2.45) is 0 Å². The minimum absolute atomic E-state index is 0.602. The highest BCUT2D eigenvalue weighted by Crippen LogP contribution is 2.23. The van der Waals surface area contributed by atoms with E-state index in [1.165, 1.54) is 6.33 Å². The Morgan fingerprint density at radius 1 is 0.960 bits per heavy atom. The number of aryl methyl sites for hydroxylation is 1. The number of hydrogen-bond acceptors (Lipinski definition) is 4. The molecule has 25 heavy (non-hydrogen) atoms. The minimum atomic E-state index is 0.602. The maximum atomic E-state index is 6.12. The van der Waals surface area contributed by atoms with Gasteiger partial charge in [0.1, 0.15) is 12.1 Å². The Morgan fingerprint density at radius 2 is 1.76 bits per heavy atom. The number of fused-ring (bicyclic) bond motifs is 1. The van der Waals surface area contributed by atoms with Gasteiger partial charge in [-0.1, -0.05) is 30.7 Å². The molecule has 0 atom stereocenters. The average Bonchev–Trinajstić information content (AvgIpc) is 2.65. The quantitative estimate of drug-likeness (QED) is 0.528. The molecule has 0 spiro atoms. The number of unbranched alkanes of at least 4 members (excludes halogenated alkanes) is 1. The predicted molar refractivity (Wildman–Crippen MR) is 101 cm³/mol. The lowest BCUT2D eigenvalue weighted by molar-refractivity contribution is 0.263. The van der Waals surface area contributed by atoms with Crippen molar-refractivity contribution in [1.82, 2.24) is 9.97 Å². The third-order valence-electron chi connectivity index (χ3n) is 3.95. The maximum Gasteiger partial charge on any atom is 0.224 e. The van der Waals surface area contributed by atoms with E-state index in [0.717, 1.165) is 46.5 Å². The summed E-state index contributed by atoms with van der Waals surface area (Å²) in [6.45, 7) is 3.34. The number of rotatable bonds is 8. The van der Waals surface area contributed by atoms with Crippen LogP contribution in [-0.4, -0.2) is 23.2 Å². The van der Waals surface area contributed by atoms with Crippen molar-refractivity contribution in [2.45, 2.75) is 26.2 Å². The van der Waals surface area contributed by atoms with E-state index < -0.39 is 0 Å². The Balaban J connectivity index is 1.43. The highest BCUT2D eigenvalue weighted by molar-refractivity contribution is 6.31. The smallest absolute Gasteiger partial charge is 0.224 e. The molecule has 3 aromatic rings. The lowest BCUT2D eigenvalue weighted by Crippen LogP contribution is -2.04. The van der Waals surface area contributed by atoms with Gasteiger partial charge in [-0.25, -0.2) is 9.97 Å². The zero-order chi connectivity index (χ0) is 17.5. The van der Waals surface area contributed by atoms with Gasteiger partial charge in [-0.05, 0) is 55.2 Å². The number of benzene rings is 2. The average molecular weight is 357 g/mol. The van der Waals surface area contributed by atoms with E-state index in [-0.39, 0.29) is 0 Å². The topological polar surface area (TPSA) is 44.2 Å². The monoisotopic (exact) mass is 356 g/mol. The number of hydrogen-bond donors (Lipinski definition) is 0. The largest absolute Gasteiger partial charge is 0.494 e. The standard InChI is InChI=1S/C20H21ClN2O2/c1-2-15-13-16(9-10-18(15)21)24-11-5-6-12-25-20-17-7-3-4-8-19(17)22-14-23-20/h3-4,7-10,13-14H,2,5-6,11-12H2,1H3. The van der Waals surface area contributed by atoms with Gasteiger partial charge in [-0.2, -0.15) is 0 Å². The van der Waals surface area contributed by atoms with Gasteiger partial charge in [0.25, 0.3) is 0 Å². The first-order valence-electron chi connectivity index (χ1n) is 8.51. The molecule has 0 aliphatic carbocycles. The Bertz CT molecular complexity index is 834. The second-order valence-corrected chi connectivity index (χ2v) is 6.11. The van der Waals surface area contributed by atoms with Gasteiger partial charge in [-0.3, -0.25) is 0 Å². The second kappa shape index (κ2) is 8.67. The van der Waals surface area contributed by atoms with E-state index in [9.17, 15) is 0 Å². The van der Waals surface area contributed by atoms with E-state index in [4.69, 9.17) is 21.1 Å². The van der Waals surface area contributed by atoms with Gasteiger partial charge < -0.3 is 9.47 Å². The van der Waals surface area contributed by atoms with Crippen LogP contribution >= 0.6 is 11.6 Å². The van der Waals surface area contributed by atoms with Crippen LogP contribution < -0.4 is 9.47 Å². The van der Waals surface area contributed by atoms with Crippen LogP contribution in [0, 0.1) is 0 Å². The summed E-state index contributed by atoms with van der Waals surface area (Å²) in [6, 6.07) is 13.6. The molecule has 1 aromatic heterocycles. The fourth-order valence-corrected chi connectivity index (χ4v) is 2.82. The Morgan fingerprint density at radius 3 is 2.60 bits per heavy atom. The first kappa shape index (κ1) is 17.5. The molecule has 0 fully saturated rings. The minimum Gasteiger partial charge on any atom is -0.494 e. The van der Waals surface area contributed by atoms with Crippen LogP contribution in [0.25, 0.3) is 10.9 Å². The van der Waals surface area contributed by atoms with E-state index in [1.807, 2.05) is 42.5 Å². The zero-order valence-electron chi connectivity index (χ0n) is 14.2. The summed E-state index contributed by atoms with van der Waals surface area (Å²) in [5, 5.41) is 1.73. The van der Waals surface area contributed by atoms with Crippen LogP contribution in [0.1, 0.15) is 25.3 Å². The van der Waals surface area contributed by atoms with Crippen LogP contribution in [0.4, 0.5) is 0 Å². The van der Waals surface area contributed by atoms with Crippen molar-refractivity contribution < 1.29 is 9.47 Å². The maximum absolute atomic E-state index is 6.12. The van der Waals surface area contributed by atoms with Gasteiger partial charge in [0.05, 0.1) is 24.1 Å². The lowest BCUT2D eigenvalue weighted by Gasteiger charge is -2.10. The third-order valence-corrected chi connectivity index (χ3v) is 4.32. The molecule has 0 amide bonds. The van der Waals surface area contributed by atoms with Crippen LogP contribution in [0.15, 0.2) is 48.8 Å². The molecule has 130 valence electrons. The molecule has 0 saturated heterocycles. The molecule has 1 heterocycles. The second-order valence-electron chi connectivity index (χ2n) is 5.71. The Kier molecular flexibility index (Phi) is 6.07. The van der Waals surface area contributed by atoms with E-state index in [1.54, 1.807) is 0 Å². The predicted octanol–water partition coefficient (Wildman–Crippen LogP) is 5.08. The molecule has 0 bridgehead atoms. The van der Waals surface area contributed by atoms with Crippen LogP contribution in [-0.2, 0) is 6.42 Å². The fourth-order valence-electron chi connectivity index (χ4n) is 2.57. The molecule has 5 heteroatoms. The Labute approximate surface area is 152 Å². The molecule has 0 saturated carbocycles. The molecule has 4 nitrogen and oxygen atoms in total.